The number of unbranched alkanes of at least 4 members (excludes halogenated alkanes) is 28. The Morgan fingerprint density at radius 3 is 1.46 bits per heavy atom. The first-order chi connectivity index (χ1) is 38.8. The van der Waals surface area contributed by atoms with Crippen molar-refractivity contribution >= 4 is 35.8 Å². The molecule has 0 radical (unpaired) electrons. The molecule has 1 heterocycles. The molecule has 1 aliphatic heterocycles. The number of rotatable bonds is 51. The van der Waals surface area contributed by atoms with E-state index >= 15 is 0 Å². The number of esters is 6. The van der Waals surface area contributed by atoms with Crippen LogP contribution in [0.5, 0.6) is 11.5 Å². The van der Waals surface area contributed by atoms with Crippen molar-refractivity contribution in [3.63, 3.8) is 0 Å². The van der Waals surface area contributed by atoms with E-state index in [4.69, 9.17) is 33.2 Å². The summed E-state index contributed by atoms with van der Waals surface area (Å²) >= 11 is 0. The second kappa shape index (κ2) is 46.1. The number of hydrogen-bond donors (Lipinski definition) is 0. The van der Waals surface area contributed by atoms with E-state index in [9.17, 15) is 28.8 Å². The molecule has 0 aromatic heterocycles. The van der Waals surface area contributed by atoms with Crippen molar-refractivity contribution in [2.75, 3.05) is 27.4 Å². The van der Waals surface area contributed by atoms with E-state index in [-0.39, 0.29) is 67.8 Å². The number of benzene rings is 1. The van der Waals surface area contributed by atoms with Gasteiger partial charge in [-0.3, -0.25) is 24.0 Å². The van der Waals surface area contributed by atoms with Crippen molar-refractivity contribution < 1.29 is 61.9 Å². The lowest BCUT2D eigenvalue weighted by Gasteiger charge is -2.20. The number of ether oxygens (including phenoxy) is 7. The van der Waals surface area contributed by atoms with Gasteiger partial charge in [-0.15, -0.1) is 0 Å². The fraction of sp³-hybridized carbons (Fsp3) is 0.791. The van der Waals surface area contributed by atoms with Crippen LogP contribution in [0.2, 0.25) is 0 Å². The maximum Gasteiger partial charge on any atom is 0.342 e. The van der Waals surface area contributed by atoms with Crippen LogP contribution in [0.3, 0.4) is 0 Å². The summed E-state index contributed by atoms with van der Waals surface area (Å²) in [6.07, 6.45) is 40.9. The summed E-state index contributed by atoms with van der Waals surface area (Å²) in [6, 6.07) is 0. The van der Waals surface area contributed by atoms with Gasteiger partial charge in [0.15, 0.2) is 11.9 Å². The third-order valence-corrected chi connectivity index (χ3v) is 15.8. The van der Waals surface area contributed by atoms with E-state index < -0.39 is 29.9 Å². The smallest absolute Gasteiger partial charge is 0.342 e. The second-order valence-corrected chi connectivity index (χ2v) is 23.2. The molecule has 0 amide bonds. The van der Waals surface area contributed by atoms with Gasteiger partial charge in [0.25, 0.3) is 0 Å². The molecule has 2 rings (SSSR count). The van der Waals surface area contributed by atoms with Crippen LogP contribution in [0.15, 0.2) is 11.6 Å². The maximum atomic E-state index is 13.6. The topological polar surface area (TPSA) is 167 Å². The Morgan fingerprint density at radius 1 is 0.550 bits per heavy atom. The fourth-order valence-corrected chi connectivity index (χ4v) is 10.5. The zero-order valence-corrected chi connectivity index (χ0v) is 51.8. The molecular formula is C67H112O13. The van der Waals surface area contributed by atoms with Crippen molar-refractivity contribution in [1.29, 1.82) is 0 Å². The molecule has 0 N–H and O–H groups in total. The van der Waals surface area contributed by atoms with Crippen LogP contribution >= 0.6 is 0 Å². The van der Waals surface area contributed by atoms with Crippen molar-refractivity contribution in [2.24, 2.45) is 11.8 Å². The summed E-state index contributed by atoms with van der Waals surface area (Å²) in [4.78, 5) is 77.2. The van der Waals surface area contributed by atoms with Gasteiger partial charge < -0.3 is 33.2 Å². The monoisotopic (exact) mass is 1120 g/mol. The van der Waals surface area contributed by atoms with Gasteiger partial charge in [-0.05, 0) is 57.4 Å². The van der Waals surface area contributed by atoms with Gasteiger partial charge >= 0.3 is 35.8 Å². The van der Waals surface area contributed by atoms with Crippen LogP contribution in [0, 0.1) is 18.8 Å². The van der Waals surface area contributed by atoms with E-state index in [1.54, 1.807) is 7.11 Å². The summed E-state index contributed by atoms with van der Waals surface area (Å²) in [5, 5.41) is 0. The van der Waals surface area contributed by atoms with Crippen LogP contribution in [-0.2, 0) is 60.7 Å². The van der Waals surface area contributed by atoms with E-state index in [0.717, 1.165) is 88.2 Å². The number of allylic oxidation sites excluding steroid dienone is 2. The van der Waals surface area contributed by atoms with Crippen molar-refractivity contribution in [3.8, 4) is 11.5 Å². The number of carbonyl (C=O) groups is 6. The van der Waals surface area contributed by atoms with Crippen LogP contribution in [0.1, 0.15) is 306 Å². The van der Waals surface area contributed by atoms with Gasteiger partial charge in [0.1, 0.15) is 31.1 Å². The molecule has 1 aliphatic rings. The molecule has 13 heteroatoms. The van der Waals surface area contributed by atoms with Crippen LogP contribution in [0.25, 0.3) is 0 Å². The highest BCUT2D eigenvalue weighted by Crippen LogP contribution is 2.43. The number of hydrogen-bond acceptors (Lipinski definition) is 13. The predicted octanol–water partition coefficient (Wildman–Crippen LogP) is 17.4. The Hall–Kier alpha value is -4.42. The summed E-state index contributed by atoms with van der Waals surface area (Å²) in [7, 11) is 2.91. The van der Waals surface area contributed by atoms with E-state index in [2.05, 4.69) is 13.8 Å². The molecule has 0 fully saturated rings. The maximum absolute atomic E-state index is 13.6. The SMILES string of the molecule is CCCCCCCCCCCCCCCC(=O)OCC(COC(=O)CCCCCCCCCCCCCCC)OC(=O)CC(C)CCCCCCCC(C)C(=O)Oc1c(C/C=C(\C)CCC(=O)OC)c(OC)c(C)c2c1C(=O)OC2. The molecule has 0 spiro atoms. The lowest BCUT2D eigenvalue weighted by atomic mass is 9.94. The summed E-state index contributed by atoms with van der Waals surface area (Å²) in [6.45, 7) is 11.9. The Bertz CT molecular complexity index is 1880. The minimum Gasteiger partial charge on any atom is -0.496 e. The van der Waals surface area contributed by atoms with Gasteiger partial charge in [-0.1, -0.05) is 232 Å². The molecule has 13 nitrogen and oxygen atoms in total. The Balaban J connectivity index is 1.80. The highest BCUT2D eigenvalue weighted by atomic mass is 16.6. The largest absolute Gasteiger partial charge is 0.496 e. The zero-order chi connectivity index (χ0) is 58.6. The molecule has 0 bridgehead atoms. The van der Waals surface area contributed by atoms with E-state index in [0.29, 0.717) is 49.0 Å². The van der Waals surface area contributed by atoms with Crippen molar-refractivity contribution in [2.45, 2.75) is 305 Å². The zero-order valence-electron chi connectivity index (χ0n) is 51.8. The second-order valence-electron chi connectivity index (χ2n) is 23.2. The number of methoxy groups -OCH3 is 2. The lowest BCUT2D eigenvalue weighted by Crippen LogP contribution is -2.31. The molecule has 1 aromatic carbocycles. The van der Waals surface area contributed by atoms with Crippen molar-refractivity contribution in [3.05, 3.63) is 33.9 Å². The molecular weight excluding hydrogens is 1010 g/mol. The molecule has 1 aromatic rings. The van der Waals surface area contributed by atoms with Gasteiger partial charge in [-0.2, -0.15) is 0 Å². The molecule has 0 saturated carbocycles. The Kier molecular flexibility index (Phi) is 41.3. The van der Waals surface area contributed by atoms with E-state index in [1.165, 1.54) is 136 Å². The summed E-state index contributed by atoms with van der Waals surface area (Å²) in [5.74, 6) is -1.97. The molecule has 0 aliphatic carbocycles. The predicted molar refractivity (Wildman–Crippen MR) is 319 cm³/mol. The molecule has 0 saturated heterocycles. The summed E-state index contributed by atoms with van der Waals surface area (Å²) in [5.41, 5.74) is 3.19. The van der Waals surface area contributed by atoms with Crippen LogP contribution in [0.4, 0.5) is 0 Å². The Morgan fingerprint density at radius 2 is 1.00 bits per heavy atom. The van der Waals surface area contributed by atoms with Gasteiger partial charge in [0.2, 0.25) is 0 Å². The number of fused-ring (bicyclic) bond motifs is 1. The Labute approximate surface area is 485 Å². The highest BCUT2D eigenvalue weighted by molar-refractivity contribution is 5.99. The molecule has 2 unspecified atom stereocenters. The third-order valence-electron chi connectivity index (χ3n) is 15.8. The van der Waals surface area contributed by atoms with Crippen LogP contribution in [-0.4, -0.2) is 69.4 Å². The normalized spacial score (nSPS) is 13.0. The molecule has 458 valence electrons. The first-order valence-corrected chi connectivity index (χ1v) is 32.1. The van der Waals surface area contributed by atoms with E-state index in [1.807, 2.05) is 33.8 Å². The number of carbonyl (C=O) groups excluding carboxylic acids is 6. The van der Waals surface area contributed by atoms with Crippen molar-refractivity contribution in [1.82, 2.24) is 0 Å². The van der Waals surface area contributed by atoms with Gasteiger partial charge in [0, 0.05) is 36.8 Å². The first kappa shape index (κ1) is 71.7. The van der Waals surface area contributed by atoms with Gasteiger partial charge in [-0.25, -0.2) is 4.79 Å². The average molecular weight is 1130 g/mol. The average Bonchev–Trinajstić information content (AvgIpc) is 3.84. The van der Waals surface area contributed by atoms with Crippen LogP contribution < -0.4 is 9.47 Å². The quantitative estimate of drug-likeness (QED) is 0.0199. The standard InChI is InChI=1S/C67H112O13/c1-9-11-13-15-17-19-21-23-25-27-29-34-38-42-60(69)76-49-56(50-77-61(70)43-39-35-30-28-26-24-22-20-18-16-14-12-10-2)79-62(71)48-53(4)40-36-32-31-33-37-41-54(5)66(72)80-65-57(46-44-52(3)45-47-59(68)74-7)64(75-8)55(6)58-51-78-67(73)63(58)65/h44,53-54,56H,9-43,45-51H2,1-8H3/b52-44+. The summed E-state index contributed by atoms with van der Waals surface area (Å²) < 4.78 is 39.1. The third kappa shape index (κ3) is 32.9. The highest BCUT2D eigenvalue weighted by Gasteiger charge is 2.35. The lowest BCUT2D eigenvalue weighted by molar-refractivity contribution is -0.167. The van der Waals surface area contributed by atoms with Gasteiger partial charge in [0.05, 0.1) is 20.1 Å². The minimum absolute atomic E-state index is 0.0671. The minimum atomic E-state index is -0.864. The first-order valence-electron chi connectivity index (χ1n) is 32.1. The molecule has 2 atom stereocenters. The molecule has 80 heavy (non-hydrogen) atoms. The number of cyclic esters (lactones) is 1. The fourth-order valence-electron chi connectivity index (χ4n) is 10.5.